The van der Waals surface area contributed by atoms with Crippen molar-refractivity contribution in [2.24, 2.45) is 8.80 Å². The molecule has 5 rings (SSSR count). The van der Waals surface area contributed by atoms with Crippen molar-refractivity contribution in [1.82, 2.24) is 15.1 Å². The maximum atomic E-state index is 12.3. The van der Waals surface area contributed by atoms with E-state index in [-0.39, 0.29) is 12.0 Å². The third-order valence-corrected chi connectivity index (χ3v) is 8.18. The summed E-state index contributed by atoms with van der Waals surface area (Å²) in [4.78, 5) is 4.13. The fourth-order valence-corrected chi connectivity index (χ4v) is 6.22. The molecule has 2 aromatic rings. The number of benzene rings is 2. The summed E-state index contributed by atoms with van der Waals surface area (Å²) < 4.78 is 49.1. The van der Waals surface area contributed by atoms with Crippen molar-refractivity contribution in [3.05, 3.63) is 53.6 Å². The molecule has 1 aliphatic carbocycles. The van der Waals surface area contributed by atoms with Crippen LogP contribution in [0.4, 0.5) is 0 Å². The van der Waals surface area contributed by atoms with Gasteiger partial charge in [-0.2, -0.15) is 8.42 Å². The summed E-state index contributed by atoms with van der Waals surface area (Å²) in [6, 6.07) is 13.6. The summed E-state index contributed by atoms with van der Waals surface area (Å²) >= 11 is 0. The van der Waals surface area contributed by atoms with E-state index in [2.05, 4.69) is 37.2 Å². The lowest BCUT2D eigenvalue weighted by molar-refractivity contribution is 0.147. The van der Waals surface area contributed by atoms with Gasteiger partial charge in [0.2, 0.25) is 5.96 Å². The molecule has 2 heterocycles. The second-order valence-corrected chi connectivity index (χ2v) is 11.3. The number of rotatable bonds is 8. The Balaban J connectivity index is 1.15. The van der Waals surface area contributed by atoms with Gasteiger partial charge in [-0.1, -0.05) is 23.0 Å². The van der Waals surface area contributed by atoms with E-state index >= 15 is 0 Å². The van der Waals surface area contributed by atoms with Crippen LogP contribution < -0.4 is 19.5 Å². The molecular formula is C28H37N5O5S. The van der Waals surface area contributed by atoms with Crippen molar-refractivity contribution in [2.45, 2.75) is 51.0 Å². The molecule has 1 fully saturated rings. The fourth-order valence-electron chi connectivity index (χ4n) is 5.42. The highest BCUT2D eigenvalue weighted by molar-refractivity contribution is 7.89. The fraction of sp³-hybridized carbons (Fsp3) is 0.500. The van der Waals surface area contributed by atoms with Gasteiger partial charge in [0, 0.05) is 19.6 Å². The van der Waals surface area contributed by atoms with E-state index in [0.717, 1.165) is 12.2 Å². The highest BCUT2D eigenvalue weighted by Gasteiger charge is 2.29. The van der Waals surface area contributed by atoms with Gasteiger partial charge in [-0.15, -0.1) is 4.40 Å². The zero-order chi connectivity index (χ0) is 27.2. The highest BCUT2D eigenvalue weighted by atomic mass is 32.2. The van der Waals surface area contributed by atoms with Gasteiger partial charge in [-0.3, -0.25) is 9.80 Å². The van der Waals surface area contributed by atoms with Gasteiger partial charge >= 0.3 is 16.2 Å². The van der Waals surface area contributed by atoms with Gasteiger partial charge in [0.25, 0.3) is 0 Å². The molecule has 0 amide bonds. The number of amidine groups is 1. The van der Waals surface area contributed by atoms with Gasteiger partial charge < -0.3 is 19.5 Å². The van der Waals surface area contributed by atoms with E-state index in [1.807, 2.05) is 0 Å². The SMILES string of the molecule is COc1ccc(OC2=NS(=O)(=O)N=C(NCCCOc3cccc4c3CCCC4N3CCCCC3)N2C)cc1. The topological polar surface area (TPSA) is 105 Å². The Morgan fingerprint density at radius 3 is 2.54 bits per heavy atom. The van der Waals surface area contributed by atoms with Crippen LogP contribution in [0.1, 0.15) is 55.7 Å². The Bertz CT molecular complexity index is 1310. The number of fused-ring (bicyclic) bond motifs is 1. The van der Waals surface area contributed by atoms with Crippen molar-refractivity contribution in [3.8, 4) is 17.2 Å². The molecule has 11 heteroatoms. The number of methoxy groups -OCH3 is 1. The first-order valence-electron chi connectivity index (χ1n) is 13.7. The predicted molar refractivity (Wildman–Crippen MR) is 151 cm³/mol. The Kier molecular flexibility index (Phi) is 8.56. The van der Waals surface area contributed by atoms with Crippen LogP contribution in [-0.2, 0) is 16.6 Å². The minimum absolute atomic E-state index is 0.0897. The van der Waals surface area contributed by atoms with Crippen molar-refractivity contribution >= 4 is 22.2 Å². The maximum absolute atomic E-state index is 12.3. The number of hydrogen-bond acceptors (Lipinski definition) is 8. The Morgan fingerprint density at radius 2 is 1.77 bits per heavy atom. The molecule has 210 valence electrons. The first-order chi connectivity index (χ1) is 18.9. The zero-order valence-electron chi connectivity index (χ0n) is 22.6. The van der Waals surface area contributed by atoms with E-state index in [1.165, 1.54) is 61.2 Å². The zero-order valence-corrected chi connectivity index (χ0v) is 23.5. The molecule has 0 bridgehead atoms. The van der Waals surface area contributed by atoms with Crippen molar-refractivity contribution < 1.29 is 22.6 Å². The van der Waals surface area contributed by atoms with E-state index in [0.29, 0.717) is 37.1 Å². The molecule has 1 N–H and O–H groups in total. The minimum Gasteiger partial charge on any atom is -0.497 e. The summed E-state index contributed by atoms with van der Waals surface area (Å²) in [5.74, 6) is 2.21. The molecule has 3 aliphatic rings. The molecule has 0 spiro atoms. The van der Waals surface area contributed by atoms with Crippen LogP contribution in [0.5, 0.6) is 17.2 Å². The number of piperidine rings is 1. The van der Waals surface area contributed by atoms with E-state index in [9.17, 15) is 8.42 Å². The number of ether oxygens (including phenoxy) is 3. The second kappa shape index (κ2) is 12.3. The number of guanidine groups is 1. The van der Waals surface area contributed by atoms with E-state index in [4.69, 9.17) is 14.2 Å². The number of nitrogens with zero attached hydrogens (tertiary/aromatic N) is 4. The monoisotopic (exact) mass is 555 g/mol. The molecule has 0 aromatic heterocycles. The average Bonchev–Trinajstić information content (AvgIpc) is 2.95. The average molecular weight is 556 g/mol. The molecule has 0 radical (unpaired) electrons. The van der Waals surface area contributed by atoms with Gasteiger partial charge in [0.15, 0.2) is 0 Å². The predicted octanol–water partition coefficient (Wildman–Crippen LogP) is 3.90. The quantitative estimate of drug-likeness (QED) is 0.489. The third-order valence-electron chi connectivity index (χ3n) is 7.39. The summed E-state index contributed by atoms with van der Waals surface area (Å²) in [5, 5.41) is 3.09. The van der Waals surface area contributed by atoms with Gasteiger partial charge in [-0.05, 0) is 93.1 Å². The van der Waals surface area contributed by atoms with Crippen LogP contribution >= 0.6 is 0 Å². The summed E-state index contributed by atoms with van der Waals surface area (Å²) in [5.41, 5.74) is 2.76. The number of likely N-dealkylation sites (tertiary alicyclic amines) is 1. The van der Waals surface area contributed by atoms with Crippen LogP contribution in [0.15, 0.2) is 51.3 Å². The second-order valence-electron chi connectivity index (χ2n) is 10.0. The van der Waals surface area contributed by atoms with E-state index in [1.54, 1.807) is 38.4 Å². The van der Waals surface area contributed by atoms with Crippen LogP contribution in [0.25, 0.3) is 0 Å². The number of hydrogen-bond donors (Lipinski definition) is 1. The lowest BCUT2D eigenvalue weighted by Crippen LogP contribution is -2.47. The summed E-state index contributed by atoms with van der Waals surface area (Å²) in [6.07, 6.45) is 8.02. The molecule has 1 saturated heterocycles. The molecule has 2 aromatic carbocycles. The highest BCUT2D eigenvalue weighted by Crippen LogP contribution is 2.39. The molecule has 39 heavy (non-hydrogen) atoms. The molecule has 1 atom stereocenters. The van der Waals surface area contributed by atoms with Crippen LogP contribution in [0.3, 0.4) is 0 Å². The third kappa shape index (κ3) is 6.65. The first-order valence-corrected chi connectivity index (χ1v) is 15.1. The first kappa shape index (κ1) is 27.3. The molecule has 0 saturated carbocycles. The van der Waals surface area contributed by atoms with Gasteiger partial charge in [-0.25, -0.2) is 0 Å². The standard InChI is InChI=1S/C28H37N5O5S/c1-32-27(30-39(34,35)31-28(32)38-22-15-13-21(36-2)14-16-22)29-17-8-20-37-26-12-7-9-23-24(26)10-6-11-25(23)33-18-4-3-5-19-33/h7,9,12-16,25H,3-6,8,10-11,17-20H2,1-2H3,(H,29,30). The Morgan fingerprint density at radius 1 is 1.00 bits per heavy atom. The molecular weight excluding hydrogens is 518 g/mol. The smallest absolute Gasteiger partial charge is 0.370 e. The maximum Gasteiger partial charge on any atom is 0.370 e. The van der Waals surface area contributed by atoms with Gasteiger partial charge in [0.05, 0.1) is 13.7 Å². The lowest BCUT2D eigenvalue weighted by Gasteiger charge is -2.38. The van der Waals surface area contributed by atoms with Crippen LogP contribution in [0.2, 0.25) is 0 Å². The summed E-state index contributed by atoms with van der Waals surface area (Å²) in [7, 11) is -0.854. The van der Waals surface area contributed by atoms with Crippen molar-refractivity contribution in [3.63, 3.8) is 0 Å². The Hall–Kier alpha value is -3.31. The Labute approximate surface area is 230 Å². The normalized spacial score (nSPS) is 20.9. The lowest BCUT2D eigenvalue weighted by atomic mass is 9.85. The van der Waals surface area contributed by atoms with E-state index < -0.39 is 10.2 Å². The minimum atomic E-state index is -4.07. The van der Waals surface area contributed by atoms with Crippen LogP contribution in [0, 0.1) is 0 Å². The number of nitrogens with one attached hydrogen (secondary N) is 1. The molecule has 1 unspecified atom stereocenters. The summed E-state index contributed by atoms with van der Waals surface area (Å²) in [6.45, 7) is 3.35. The van der Waals surface area contributed by atoms with Crippen LogP contribution in [-0.4, -0.2) is 70.6 Å². The largest absolute Gasteiger partial charge is 0.497 e. The molecule has 2 aliphatic heterocycles. The van der Waals surface area contributed by atoms with Crippen molar-refractivity contribution in [2.75, 3.05) is 40.4 Å². The van der Waals surface area contributed by atoms with Crippen molar-refractivity contribution in [1.29, 1.82) is 0 Å². The van der Waals surface area contributed by atoms with Gasteiger partial charge in [0.1, 0.15) is 17.2 Å². The molecule has 10 nitrogen and oxygen atoms in total.